The molecule has 0 bridgehead atoms. The number of hydrogen-bond acceptors (Lipinski definition) is 3. The summed E-state index contributed by atoms with van der Waals surface area (Å²) in [5, 5.41) is 5.13. The Hall–Kier alpha value is -1.95. The largest absolute Gasteiger partial charge is 0.379 e. The van der Waals surface area contributed by atoms with E-state index in [4.69, 9.17) is 4.74 Å². The Morgan fingerprint density at radius 1 is 1.33 bits per heavy atom. The molecule has 1 aromatic rings. The zero-order chi connectivity index (χ0) is 15.8. The molecule has 0 fully saturated rings. The smallest absolute Gasteiger partial charge is 0.254 e. The molecule has 1 rings (SSSR count). The van der Waals surface area contributed by atoms with Crippen LogP contribution in [0.5, 0.6) is 0 Å². The summed E-state index contributed by atoms with van der Waals surface area (Å²) in [6, 6.07) is 3.88. The lowest BCUT2D eigenvalue weighted by Gasteiger charge is -2.10. The van der Waals surface area contributed by atoms with Crippen molar-refractivity contribution in [2.24, 2.45) is 0 Å². The van der Waals surface area contributed by atoms with Crippen LogP contribution in [0.25, 0.3) is 0 Å². The molecule has 6 heteroatoms. The van der Waals surface area contributed by atoms with Crippen molar-refractivity contribution in [3.8, 4) is 0 Å². The summed E-state index contributed by atoms with van der Waals surface area (Å²) < 4.78 is 19.0. The van der Waals surface area contributed by atoms with Gasteiger partial charge in [0.05, 0.1) is 11.7 Å². The van der Waals surface area contributed by atoms with Gasteiger partial charge in [0.2, 0.25) is 5.91 Å². The first-order valence-electron chi connectivity index (χ1n) is 6.87. The van der Waals surface area contributed by atoms with Crippen molar-refractivity contribution >= 4 is 17.5 Å². The fourth-order valence-electron chi connectivity index (χ4n) is 1.67. The second-order valence-corrected chi connectivity index (χ2v) is 4.90. The van der Waals surface area contributed by atoms with Crippen LogP contribution in [0.3, 0.4) is 0 Å². The quantitative estimate of drug-likeness (QED) is 0.759. The third kappa shape index (κ3) is 6.35. The molecule has 0 atom stereocenters. The number of amides is 2. The van der Waals surface area contributed by atoms with Crippen molar-refractivity contribution in [3.63, 3.8) is 0 Å². The predicted octanol–water partition coefficient (Wildman–Crippen LogP) is 2.33. The molecule has 0 aliphatic rings. The molecule has 0 heterocycles. The van der Waals surface area contributed by atoms with Crippen LogP contribution in [-0.2, 0) is 9.53 Å². The van der Waals surface area contributed by atoms with Gasteiger partial charge in [0.25, 0.3) is 5.91 Å². The molecule has 2 N–H and O–H groups in total. The Morgan fingerprint density at radius 2 is 2.05 bits per heavy atom. The van der Waals surface area contributed by atoms with E-state index in [2.05, 4.69) is 10.6 Å². The Kier molecular flexibility index (Phi) is 6.81. The number of carbonyl (C=O) groups excluding carboxylic acids is 2. The van der Waals surface area contributed by atoms with Gasteiger partial charge in [-0.2, -0.15) is 0 Å². The lowest BCUT2D eigenvalue weighted by atomic mass is 10.1. The van der Waals surface area contributed by atoms with Gasteiger partial charge >= 0.3 is 0 Å². The molecule has 0 radical (unpaired) electrons. The number of carbonyl (C=O) groups is 2. The van der Waals surface area contributed by atoms with E-state index in [1.807, 2.05) is 13.8 Å². The number of halogens is 1. The normalized spacial score (nSPS) is 10.5. The van der Waals surface area contributed by atoms with Gasteiger partial charge in [-0.25, -0.2) is 4.39 Å². The number of rotatable bonds is 7. The molecular weight excluding hydrogens is 275 g/mol. The molecular formula is C15H21FN2O3. The third-order valence-electron chi connectivity index (χ3n) is 2.59. The molecule has 0 spiro atoms. The molecule has 0 saturated heterocycles. The minimum absolute atomic E-state index is 0.0916. The molecule has 21 heavy (non-hydrogen) atoms. The van der Waals surface area contributed by atoms with Crippen LogP contribution in [0.15, 0.2) is 18.2 Å². The van der Waals surface area contributed by atoms with Crippen molar-refractivity contribution in [1.29, 1.82) is 0 Å². The van der Waals surface area contributed by atoms with Crippen LogP contribution < -0.4 is 10.6 Å². The van der Waals surface area contributed by atoms with Crippen LogP contribution in [0.2, 0.25) is 0 Å². The Balaban J connectivity index is 2.54. The van der Waals surface area contributed by atoms with E-state index >= 15 is 0 Å². The summed E-state index contributed by atoms with van der Waals surface area (Å²) in [6.45, 7) is 6.14. The highest BCUT2D eigenvalue weighted by Crippen LogP contribution is 2.14. The van der Waals surface area contributed by atoms with E-state index in [1.165, 1.54) is 19.1 Å². The van der Waals surface area contributed by atoms with Crippen LogP contribution in [0, 0.1) is 5.82 Å². The SMILES string of the molecule is CC(=O)Nc1ccc(F)c(C(=O)NCCCOC(C)C)c1. The molecule has 2 amide bonds. The molecule has 0 aromatic heterocycles. The van der Waals surface area contributed by atoms with E-state index in [9.17, 15) is 14.0 Å². The zero-order valence-electron chi connectivity index (χ0n) is 12.5. The molecule has 0 unspecified atom stereocenters. The van der Waals surface area contributed by atoms with Gasteiger partial charge in [0, 0.05) is 25.8 Å². The molecule has 0 aliphatic heterocycles. The Bertz CT molecular complexity index is 504. The summed E-state index contributed by atoms with van der Waals surface area (Å²) in [7, 11) is 0. The minimum atomic E-state index is -0.625. The minimum Gasteiger partial charge on any atom is -0.379 e. The van der Waals surface area contributed by atoms with Crippen molar-refractivity contribution in [1.82, 2.24) is 5.32 Å². The second kappa shape index (κ2) is 8.36. The number of ether oxygens (including phenoxy) is 1. The van der Waals surface area contributed by atoms with Crippen LogP contribution in [0.1, 0.15) is 37.6 Å². The summed E-state index contributed by atoms with van der Waals surface area (Å²) in [4.78, 5) is 22.9. The summed E-state index contributed by atoms with van der Waals surface area (Å²) in [6.07, 6.45) is 0.796. The molecule has 1 aromatic carbocycles. The van der Waals surface area contributed by atoms with E-state index in [-0.39, 0.29) is 17.6 Å². The van der Waals surface area contributed by atoms with Crippen LogP contribution in [0.4, 0.5) is 10.1 Å². The third-order valence-corrected chi connectivity index (χ3v) is 2.59. The van der Waals surface area contributed by atoms with E-state index in [1.54, 1.807) is 0 Å². The van der Waals surface area contributed by atoms with Crippen LogP contribution >= 0.6 is 0 Å². The zero-order valence-corrected chi connectivity index (χ0v) is 12.5. The second-order valence-electron chi connectivity index (χ2n) is 4.90. The molecule has 116 valence electrons. The summed E-state index contributed by atoms with van der Waals surface area (Å²) >= 11 is 0. The maximum Gasteiger partial charge on any atom is 0.254 e. The van der Waals surface area contributed by atoms with Crippen molar-refractivity contribution in [2.45, 2.75) is 33.3 Å². The fourth-order valence-corrected chi connectivity index (χ4v) is 1.67. The number of anilines is 1. The average molecular weight is 296 g/mol. The van der Waals surface area contributed by atoms with Gasteiger partial charge in [0.1, 0.15) is 5.82 Å². The number of nitrogens with one attached hydrogen (secondary N) is 2. The van der Waals surface area contributed by atoms with Gasteiger partial charge in [-0.05, 0) is 38.5 Å². The van der Waals surface area contributed by atoms with Crippen LogP contribution in [-0.4, -0.2) is 31.1 Å². The first kappa shape index (κ1) is 17.1. The maximum absolute atomic E-state index is 13.6. The topological polar surface area (TPSA) is 67.4 Å². The molecule has 5 nitrogen and oxygen atoms in total. The number of benzene rings is 1. The summed E-state index contributed by atoms with van der Waals surface area (Å²) in [5.41, 5.74) is 0.295. The van der Waals surface area contributed by atoms with Crippen molar-refractivity contribution in [3.05, 3.63) is 29.6 Å². The van der Waals surface area contributed by atoms with E-state index in [0.29, 0.717) is 25.3 Å². The lowest BCUT2D eigenvalue weighted by Crippen LogP contribution is -2.26. The van der Waals surface area contributed by atoms with E-state index in [0.717, 1.165) is 6.07 Å². The average Bonchev–Trinajstić information content (AvgIpc) is 2.39. The highest BCUT2D eigenvalue weighted by molar-refractivity contribution is 5.97. The predicted molar refractivity (Wildman–Crippen MR) is 78.7 cm³/mol. The Labute approximate surface area is 123 Å². The summed E-state index contributed by atoms with van der Waals surface area (Å²) in [5.74, 6) is -1.41. The van der Waals surface area contributed by atoms with Gasteiger partial charge in [0.15, 0.2) is 0 Å². The first-order chi connectivity index (χ1) is 9.90. The van der Waals surface area contributed by atoms with Crippen molar-refractivity contribution in [2.75, 3.05) is 18.5 Å². The maximum atomic E-state index is 13.6. The van der Waals surface area contributed by atoms with Crippen molar-refractivity contribution < 1.29 is 18.7 Å². The molecule has 0 saturated carbocycles. The number of hydrogen-bond donors (Lipinski definition) is 2. The van der Waals surface area contributed by atoms with Gasteiger partial charge in [-0.15, -0.1) is 0 Å². The van der Waals surface area contributed by atoms with E-state index < -0.39 is 11.7 Å². The highest BCUT2D eigenvalue weighted by Gasteiger charge is 2.12. The monoisotopic (exact) mass is 296 g/mol. The standard InChI is InChI=1S/C15H21FN2O3/c1-10(2)21-8-4-7-17-15(20)13-9-12(18-11(3)19)5-6-14(13)16/h5-6,9-10H,4,7-8H2,1-3H3,(H,17,20)(H,18,19). The highest BCUT2D eigenvalue weighted by atomic mass is 19.1. The van der Waals surface area contributed by atoms with Gasteiger partial charge in [-0.3, -0.25) is 9.59 Å². The lowest BCUT2D eigenvalue weighted by molar-refractivity contribution is -0.114. The van der Waals surface area contributed by atoms with Gasteiger partial charge in [-0.1, -0.05) is 0 Å². The molecule has 0 aliphatic carbocycles. The Morgan fingerprint density at radius 3 is 2.67 bits per heavy atom. The van der Waals surface area contributed by atoms with Gasteiger partial charge < -0.3 is 15.4 Å². The fraction of sp³-hybridized carbons (Fsp3) is 0.467. The first-order valence-corrected chi connectivity index (χ1v) is 6.87.